The molecule has 1 aliphatic rings. The number of aromatic nitrogens is 1. The van der Waals surface area contributed by atoms with Gasteiger partial charge < -0.3 is 15.0 Å². The smallest absolute Gasteiger partial charge is 0.138 e. The Morgan fingerprint density at radius 1 is 1.11 bits per heavy atom. The van der Waals surface area contributed by atoms with Crippen molar-refractivity contribution in [2.45, 2.75) is 32.0 Å². The fourth-order valence-corrected chi connectivity index (χ4v) is 4.42. The molecule has 4 nitrogen and oxygen atoms in total. The molecule has 0 bridgehead atoms. The van der Waals surface area contributed by atoms with Gasteiger partial charge in [-0.2, -0.15) is 0 Å². The number of likely N-dealkylation sites (tertiary alicyclic amines) is 1. The van der Waals surface area contributed by atoms with Gasteiger partial charge in [-0.3, -0.25) is 4.90 Å². The standard InChI is InChI=1S/C22H25Cl2N3O/c1-26-20-5-3-2-4-17(20)18(13-27-10-8-16(25)9-11-27)21(26)14-28-22-7-6-15(23)12-19(22)24/h2-7,12,16H,8-11,13-14,25H2,1H3. The maximum atomic E-state index is 6.29. The van der Waals surface area contributed by atoms with E-state index in [0.717, 1.165) is 32.5 Å². The minimum absolute atomic E-state index is 0.332. The fraction of sp³-hybridized carbons (Fsp3) is 0.364. The molecule has 1 aliphatic heterocycles. The lowest BCUT2D eigenvalue weighted by atomic mass is 10.0. The normalized spacial score (nSPS) is 16.0. The van der Waals surface area contributed by atoms with E-state index in [2.05, 4.69) is 40.8 Å². The highest BCUT2D eigenvalue weighted by Crippen LogP contribution is 2.31. The lowest BCUT2D eigenvalue weighted by Gasteiger charge is -2.30. The van der Waals surface area contributed by atoms with Crippen LogP contribution in [0.25, 0.3) is 10.9 Å². The van der Waals surface area contributed by atoms with Crippen molar-refractivity contribution >= 4 is 34.1 Å². The van der Waals surface area contributed by atoms with E-state index in [4.69, 9.17) is 33.7 Å². The summed E-state index contributed by atoms with van der Waals surface area (Å²) in [7, 11) is 2.10. The first kappa shape index (κ1) is 19.6. The van der Waals surface area contributed by atoms with Crippen molar-refractivity contribution in [1.82, 2.24) is 9.47 Å². The summed E-state index contributed by atoms with van der Waals surface area (Å²) in [5.41, 5.74) is 9.78. The van der Waals surface area contributed by atoms with Crippen molar-refractivity contribution in [3.8, 4) is 5.75 Å². The van der Waals surface area contributed by atoms with Gasteiger partial charge in [-0.15, -0.1) is 0 Å². The first-order valence-electron chi connectivity index (χ1n) is 9.64. The third-order valence-corrected chi connectivity index (χ3v) is 6.15. The monoisotopic (exact) mass is 417 g/mol. The van der Waals surface area contributed by atoms with Crippen LogP contribution in [0, 0.1) is 0 Å². The van der Waals surface area contributed by atoms with Crippen LogP contribution >= 0.6 is 23.2 Å². The number of hydrogen-bond acceptors (Lipinski definition) is 3. The molecule has 0 amide bonds. The van der Waals surface area contributed by atoms with E-state index in [0.29, 0.717) is 28.4 Å². The van der Waals surface area contributed by atoms with Crippen LogP contribution in [0.4, 0.5) is 0 Å². The van der Waals surface area contributed by atoms with Crippen LogP contribution in [-0.2, 0) is 20.2 Å². The molecule has 0 atom stereocenters. The minimum Gasteiger partial charge on any atom is -0.486 e. The van der Waals surface area contributed by atoms with E-state index in [1.807, 2.05) is 6.07 Å². The van der Waals surface area contributed by atoms with Gasteiger partial charge in [0.25, 0.3) is 0 Å². The first-order valence-corrected chi connectivity index (χ1v) is 10.4. The zero-order valence-corrected chi connectivity index (χ0v) is 17.5. The summed E-state index contributed by atoms with van der Waals surface area (Å²) in [6, 6.07) is 14.2. The number of ether oxygens (including phenoxy) is 1. The van der Waals surface area contributed by atoms with Crippen molar-refractivity contribution in [2.24, 2.45) is 12.8 Å². The molecule has 148 valence electrons. The third kappa shape index (κ3) is 4.01. The van der Waals surface area contributed by atoms with E-state index >= 15 is 0 Å². The van der Waals surface area contributed by atoms with Gasteiger partial charge in [0.15, 0.2) is 0 Å². The molecule has 28 heavy (non-hydrogen) atoms. The van der Waals surface area contributed by atoms with Crippen molar-refractivity contribution in [1.29, 1.82) is 0 Å². The number of fused-ring (bicyclic) bond motifs is 1. The molecule has 0 aliphatic carbocycles. The molecular weight excluding hydrogens is 393 g/mol. The third-order valence-electron chi connectivity index (χ3n) is 5.62. The van der Waals surface area contributed by atoms with Crippen LogP contribution in [0.15, 0.2) is 42.5 Å². The number of halogens is 2. The van der Waals surface area contributed by atoms with Gasteiger partial charge in [0, 0.05) is 35.6 Å². The van der Waals surface area contributed by atoms with Crippen LogP contribution in [0.2, 0.25) is 10.0 Å². The lowest BCUT2D eigenvalue weighted by Crippen LogP contribution is -2.39. The van der Waals surface area contributed by atoms with E-state index in [1.165, 1.54) is 22.2 Å². The molecule has 0 saturated carbocycles. The summed E-state index contributed by atoms with van der Waals surface area (Å²) < 4.78 is 8.31. The quantitative estimate of drug-likeness (QED) is 0.635. The SMILES string of the molecule is Cn1c(COc2ccc(Cl)cc2Cl)c(CN2CCC(N)CC2)c2ccccc21. The predicted octanol–water partition coefficient (Wildman–Crippen LogP) is 4.99. The number of rotatable bonds is 5. The van der Waals surface area contributed by atoms with Crippen LogP contribution in [-0.4, -0.2) is 28.6 Å². The Morgan fingerprint density at radius 2 is 1.86 bits per heavy atom. The number of piperidine rings is 1. The highest BCUT2D eigenvalue weighted by atomic mass is 35.5. The van der Waals surface area contributed by atoms with Gasteiger partial charge >= 0.3 is 0 Å². The summed E-state index contributed by atoms with van der Waals surface area (Å²) >= 11 is 12.3. The molecule has 0 radical (unpaired) electrons. The molecule has 4 rings (SSSR count). The van der Waals surface area contributed by atoms with Gasteiger partial charge in [0.05, 0.1) is 10.7 Å². The Labute approximate surface area is 175 Å². The van der Waals surface area contributed by atoms with E-state index in [-0.39, 0.29) is 0 Å². The van der Waals surface area contributed by atoms with Gasteiger partial charge in [-0.05, 0) is 55.8 Å². The van der Waals surface area contributed by atoms with Gasteiger partial charge in [0.2, 0.25) is 0 Å². The van der Waals surface area contributed by atoms with Gasteiger partial charge in [-0.25, -0.2) is 0 Å². The zero-order valence-electron chi connectivity index (χ0n) is 16.0. The van der Waals surface area contributed by atoms with Crippen molar-refractivity contribution in [3.05, 3.63) is 63.8 Å². The summed E-state index contributed by atoms with van der Waals surface area (Å²) in [6.45, 7) is 3.43. The van der Waals surface area contributed by atoms with Crippen LogP contribution < -0.4 is 10.5 Å². The molecule has 6 heteroatoms. The van der Waals surface area contributed by atoms with E-state index < -0.39 is 0 Å². The Morgan fingerprint density at radius 3 is 2.61 bits per heavy atom. The topological polar surface area (TPSA) is 43.4 Å². The van der Waals surface area contributed by atoms with E-state index in [1.54, 1.807) is 12.1 Å². The largest absolute Gasteiger partial charge is 0.486 e. The van der Waals surface area contributed by atoms with E-state index in [9.17, 15) is 0 Å². The highest BCUT2D eigenvalue weighted by Gasteiger charge is 2.21. The molecule has 0 spiro atoms. The number of nitrogens with two attached hydrogens (primary N) is 1. The Balaban J connectivity index is 1.63. The van der Waals surface area contributed by atoms with Crippen LogP contribution in [0.5, 0.6) is 5.75 Å². The second-order valence-electron chi connectivity index (χ2n) is 7.48. The average molecular weight is 418 g/mol. The molecule has 1 saturated heterocycles. The molecule has 3 aromatic rings. The fourth-order valence-electron chi connectivity index (χ4n) is 3.96. The van der Waals surface area contributed by atoms with Gasteiger partial charge in [-0.1, -0.05) is 41.4 Å². The Hall–Kier alpha value is -1.72. The Bertz CT molecular complexity index is 977. The second-order valence-corrected chi connectivity index (χ2v) is 8.32. The molecular formula is C22H25Cl2N3O. The first-order chi connectivity index (χ1) is 13.5. The molecule has 2 heterocycles. The lowest BCUT2D eigenvalue weighted by molar-refractivity contribution is 0.204. The second kappa shape index (κ2) is 8.34. The maximum absolute atomic E-state index is 6.29. The summed E-state index contributed by atoms with van der Waals surface area (Å²) in [4.78, 5) is 2.49. The maximum Gasteiger partial charge on any atom is 0.138 e. The minimum atomic E-state index is 0.332. The average Bonchev–Trinajstić information content (AvgIpc) is 2.95. The van der Waals surface area contributed by atoms with Gasteiger partial charge in [0.1, 0.15) is 12.4 Å². The highest BCUT2D eigenvalue weighted by molar-refractivity contribution is 6.35. The number of aryl methyl sites for hydroxylation is 1. The van der Waals surface area contributed by atoms with Crippen LogP contribution in [0.3, 0.4) is 0 Å². The van der Waals surface area contributed by atoms with Crippen molar-refractivity contribution < 1.29 is 4.74 Å². The summed E-state index contributed by atoms with van der Waals surface area (Å²) in [5.74, 6) is 0.645. The number of nitrogens with zero attached hydrogens (tertiary/aromatic N) is 2. The Kier molecular flexibility index (Phi) is 5.83. The number of para-hydroxylation sites is 1. The molecule has 2 aromatic carbocycles. The summed E-state index contributed by atoms with van der Waals surface area (Å²) in [6.07, 6.45) is 2.11. The van der Waals surface area contributed by atoms with Crippen molar-refractivity contribution in [3.63, 3.8) is 0 Å². The summed E-state index contributed by atoms with van der Waals surface area (Å²) in [5, 5.41) is 2.41. The zero-order chi connectivity index (χ0) is 19.7. The molecule has 1 aromatic heterocycles. The van der Waals surface area contributed by atoms with Crippen molar-refractivity contribution in [2.75, 3.05) is 13.1 Å². The predicted molar refractivity (Wildman–Crippen MR) is 116 cm³/mol. The number of benzene rings is 2. The molecule has 0 unspecified atom stereocenters. The molecule has 1 fully saturated rings. The van der Waals surface area contributed by atoms with Crippen LogP contribution in [0.1, 0.15) is 24.1 Å². The number of hydrogen-bond donors (Lipinski definition) is 1. The molecule has 2 N–H and O–H groups in total.